The molecule has 0 radical (unpaired) electrons. The lowest BCUT2D eigenvalue weighted by Gasteiger charge is -2.12. The summed E-state index contributed by atoms with van der Waals surface area (Å²) in [4.78, 5) is 15.8. The Labute approximate surface area is 182 Å². The number of benzene rings is 1. The molecule has 0 fully saturated rings. The zero-order chi connectivity index (χ0) is 22.2. The third kappa shape index (κ3) is 9.27. The van der Waals surface area contributed by atoms with Gasteiger partial charge in [0.2, 0.25) is 0 Å². The van der Waals surface area contributed by atoms with E-state index in [1.54, 1.807) is 39.0 Å². The monoisotopic (exact) mass is 435 g/mol. The van der Waals surface area contributed by atoms with E-state index in [1.807, 2.05) is 38.1 Å². The normalized spacial score (nSPS) is 12.5. The van der Waals surface area contributed by atoms with Gasteiger partial charge in [-0.25, -0.2) is 0 Å². The number of fused-ring (bicyclic) bond motifs is 1. The van der Waals surface area contributed by atoms with Gasteiger partial charge < -0.3 is 10.2 Å². The first-order valence-corrected chi connectivity index (χ1v) is 9.88. The van der Waals surface area contributed by atoms with Gasteiger partial charge in [0.25, 0.3) is 0 Å². The van der Waals surface area contributed by atoms with Crippen molar-refractivity contribution in [3.05, 3.63) is 69.4 Å². The number of aryl methyl sites for hydroxylation is 2. The smallest absolute Gasteiger partial charge is 0.307 e. The van der Waals surface area contributed by atoms with Gasteiger partial charge >= 0.3 is 5.97 Å². The Morgan fingerprint density at radius 1 is 1.24 bits per heavy atom. The fourth-order valence-corrected chi connectivity index (χ4v) is 2.85. The Morgan fingerprint density at radius 2 is 1.86 bits per heavy atom. The van der Waals surface area contributed by atoms with Crippen molar-refractivity contribution in [2.75, 3.05) is 0 Å². The topological polar surface area (TPSA) is 70.4 Å². The largest absolute Gasteiger partial charge is 0.481 e. The Morgan fingerprint density at radius 3 is 2.41 bits per heavy atom. The minimum absolute atomic E-state index is 0.0473. The lowest BCUT2D eigenvalue weighted by atomic mass is 9.94. The molecular weight excluding hydrogens is 409 g/mol. The molecule has 156 valence electrons. The van der Waals surface area contributed by atoms with Crippen LogP contribution in [0.25, 0.3) is 17.0 Å². The van der Waals surface area contributed by atoms with E-state index in [0.29, 0.717) is 5.03 Å². The summed E-state index contributed by atoms with van der Waals surface area (Å²) in [5, 5.41) is 19.1. The number of carboxylic acid groups (broad SMARTS) is 1. The lowest BCUT2D eigenvalue weighted by Crippen LogP contribution is -2.10. The second kappa shape index (κ2) is 11.1. The van der Waals surface area contributed by atoms with Crippen molar-refractivity contribution < 1.29 is 15.0 Å². The van der Waals surface area contributed by atoms with E-state index in [1.165, 1.54) is 5.54 Å². The molecule has 1 aromatic heterocycles. The predicted octanol–water partition coefficient (Wildman–Crippen LogP) is 6.14. The van der Waals surface area contributed by atoms with Gasteiger partial charge in [-0.15, -0.1) is 0 Å². The van der Waals surface area contributed by atoms with E-state index in [2.05, 4.69) is 4.98 Å². The predicted molar refractivity (Wildman–Crippen MR) is 122 cm³/mol. The highest BCUT2D eigenvalue weighted by atomic mass is 35.5. The van der Waals surface area contributed by atoms with Gasteiger partial charge in [0, 0.05) is 21.6 Å². The number of pyridine rings is 1. The molecule has 0 unspecified atom stereocenters. The zero-order valence-electron chi connectivity index (χ0n) is 17.3. The van der Waals surface area contributed by atoms with Crippen LogP contribution in [0, 0.1) is 13.8 Å². The van der Waals surface area contributed by atoms with Gasteiger partial charge in [-0.1, -0.05) is 41.4 Å². The van der Waals surface area contributed by atoms with Crippen molar-refractivity contribution in [1.82, 2.24) is 4.98 Å². The van der Waals surface area contributed by atoms with Crippen LogP contribution in [0.15, 0.2) is 47.0 Å². The number of aromatic nitrogens is 1. The molecule has 0 bridgehead atoms. The first-order valence-electron chi connectivity index (χ1n) is 9.07. The van der Waals surface area contributed by atoms with Crippen molar-refractivity contribution in [3.63, 3.8) is 0 Å². The number of hydrogen-bond donors (Lipinski definition) is 2. The number of carboxylic acids is 1. The minimum atomic E-state index is -0.870. The number of rotatable bonds is 5. The van der Waals surface area contributed by atoms with Crippen LogP contribution in [0.2, 0.25) is 0 Å². The van der Waals surface area contributed by atoms with Gasteiger partial charge in [0.05, 0.1) is 17.5 Å². The molecule has 2 aromatic rings. The van der Waals surface area contributed by atoms with E-state index >= 15 is 0 Å². The van der Waals surface area contributed by atoms with Crippen LogP contribution in [0.4, 0.5) is 0 Å². The number of nitrogens with zero attached hydrogens (tertiary/aromatic N) is 1. The molecule has 0 spiro atoms. The van der Waals surface area contributed by atoms with Crippen LogP contribution in [-0.2, 0) is 11.2 Å². The summed E-state index contributed by atoms with van der Waals surface area (Å²) in [6.45, 7) is 9.06. The van der Waals surface area contributed by atoms with E-state index in [4.69, 9.17) is 28.3 Å². The van der Waals surface area contributed by atoms with Crippen LogP contribution in [0.5, 0.6) is 0 Å². The Balaban J connectivity index is 0.000000749. The highest BCUT2D eigenvalue weighted by Crippen LogP contribution is 2.27. The van der Waals surface area contributed by atoms with Crippen molar-refractivity contribution in [2.24, 2.45) is 0 Å². The summed E-state index contributed by atoms with van der Waals surface area (Å²) >= 11 is 11.5. The van der Waals surface area contributed by atoms with Crippen LogP contribution < -0.4 is 0 Å². The van der Waals surface area contributed by atoms with Crippen LogP contribution in [-0.4, -0.2) is 26.8 Å². The van der Waals surface area contributed by atoms with Gasteiger partial charge in [0.1, 0.15) is 0 Å². The minimum Gasteiger partial charge on any atom is -0.481 e. The maximum absolute atomic E-state index is 11.2. The Kier molecular flexibility index (Phi) is 9.57. The first-order chi connectivity index (χ1) is 13.4. The molecule has 0 aliphatic carbocycles. The second-order valence-corrected chi connectivity index (χ2v) is 8.24. The molecule has 2 N–H and O–H groups in total. The molecule has 4 nitrogen and oxygen atoms in total. The van der Waals surface area contributed by atoms with Crippen molar-refractivity contribution >= 4 is 46.2 Å². The molecule has 0 atom stereocenters. The maximum Gasteiger partial charge on any atom is 0.307 e. The van der Waals surface area contributed by atoms with Crippen molar-refractivity contribution in [3.8, 4) is 0 Å². The lowest BCUT2D eigenvalue weighted by molar-refractivity contribution is -0.136. The number of allylic oxidation sites excluding steroid dienone is 4. The van der Waals surface area contributed by atoms with E-state index in [9.17, 15) is 9.90 Å². The fraction of sp³-hybridized carbons (Fsp3) is 0.304. The molecule has 2 rings (SSSR count). The van der Waals surface area contributed by atoms with E-state index in [0.717, 1.165) is 33.3 Å². The molecule has 29 heavy (non-hydrogen) atoms. The van der Waals surface area contributed by atoms with Gasteiger partial charge in [-0.3, -0.25) is 9.78 Å². The summed E-state index contributed by atoms with van der Waals surface area (Å²) in [6, 6.07) is 5.81. The summed E-state index contributed by atoms with van der Waals surface area (Å²) < 4.78 is 0. The molecule has 0 saturated heterocycles. The average Bonchev–Trinajstić information content (AvgIpc) is 2.55. The molecular formula is C23H27Cl2NO3. The highest BCUT2D eigenvalue weighted by molar-refractivity contribution is 6.33. The van der Waals surface area contributed by atoms with Gasteiger partial charge in [0.15, 0.2) is 0 Å². The molecule has 1 aromatic carbocycles. The third-order valence-corrected chi connectivity index (χ3v) is 3.95. The zero-order valence-corrected chi connectivity index (χ0v) is 18.8. The molecule has 1 heterocycles. The number of aliphatic hydroxyl groups is 1. The number of aliphatic carboxylic acids is 1. The molecule has 0 saturated carbocycles. The van der Waals surface area contributed by atoms with Crippen LogP contribution >= 0.6 is 23.2 Å². The fourth-order valence-electron chi connectivity index (χ4n) is 2.51. The molecule has 0 aliphatic rings. The van der Waals surface area contributed by atoms with Gasteiger partial charge in [-0.2, -0.15) is 0 Å². The van der Waals surface area contributed by atoms with Gasteiger partial charge in [-0.05, 0) is 75.6 Å². The summed E-state index contributed by atoms with van der Waals surface area (Å²) in [5.74, 6) is -0.870. The number of hydrogen-bond acceptors (Lipinski definition) is 3. The second-order valence-electron chi connectivity index (χ2n) is 7.55. The summed E-state index contributed by atoms with van der Waals surface area (Å²) in [5.41, 5.74) is 5.11. The van der Waals surface area contributed by atoms with Crippen molar-refractivity contribution in [1.29, 1.82) is 0 Å². The average molecular weight is 436 g/mol. The Bertz CT molecular complexity index is 949. The summed E-state index contributed by atoms with van der Waals surface area (Å²) in [7, 11) is 0. The third-order valence-electron chi connectivity index (χ3n) is 3.58. The highest BCUT2D eigenvalue weighted by Gasteiger charge is 2.13. The van der Waals surface area contributed by atoms with Crippen LogP contribution in [0.3, 0.4) is 0 Å². The summed E-state index contributed by atoms with van der Waals surface area (Å²) in [6.07, 6.45) is 6.84. The molecule has 6 heteroatoms. The quantitative estimate of drug-likeness (QED) is 0.552. The molecule has 0 aliphatic heterocycles. The van der Waals surface area contributed by atoms with E-state index in [-0.39, 0.29) is 6.42 Å². The molecule has 0 amide bonds. The number of carbonyl (C=O) groups is 1. The maximum atomic E-state index is 11.2. The van der Waals surface area contributed by atoms with Crippen LogP contribution in [0.1, 0.15) is 43.2 Å². The Hall–Kier alpha value is -2.14. The number of halogens is 2. The van der Waals surface area contributed by atoms with E-state index < -0.39 is 11.6 Å². The van der Waals surface area contributed by atoms with Crippen molar-refractivity contribution in [2.45, 2.75) is 46.6 Å². The SMILES string of the molecule is CC(C)(C)O.Cc1ccc2c(/C=C/C=C(Cl)\C=C\Cl)c(CC(=O)O)c(C)cc2n1. The first kappa shape index (κ1) is 24.9. The standard InChI is InChI=1S/C19H17Cl2NO2.C4H10O/c1-12-10-18-16(7-6-13(2)22-18)15(17(12)11-19(23)24)5-3-4-14(21)8-9-20;1-4(2,3)5/h3-10H,11H2,1-2H3,(H,23,24);5H,1-3H3/b5-3+,9-8+,14-4+;.